The van der Waals surface area contributed by atoms with Gasteiger partial charge in [0.05, 0.1) is 11.7 Å². The SMILES string of the molecule is Cl.O=C(Nc1nc(-c2ccc3c(c2)OCCO3)cs1)C1CCCN1. The molecule has 1 saturated heterocycles. The predicted molar refractivity (Wildman–Crippen MR) is 95.4 cm³/mol. The second kappa shape index (κ2) is 7.38. The monoisotopic (exact) mass is 367 g/mol. The molecule has 2 N–H and O–H groups in total. The van der Waals surface area contributed by atoms with Crippen LogP contribution < -0.4 is 20.1 Å². The summed E-state index contributed by atoms with van der Waals surface area (Å²) in [6.45, 7) is 2.04. The Morgan fingerprint density at radius 3 is 2.92 bits per heavy atom. The Balaban J connectivity index is 0.00000169. The largest absolute Gasteiger partial charge is 0.486 e. The molecule has 2 aliphatic heterocycles. The van der Waals surface area contributed by atoms with Gasteiger partial charge >= 0.3 is 0 Å². The third-order valence-corrected chi connectivity index (χ3v) is 4.71. The first-order valence-corrected chi connectivity index (χ1v) is 8.57. The van der Waals surface area contributed by atoms with E-state index in [1.54, 1.807) is 0 Å². The number of hydrogen-bond acceptors (Lipinski definition) is 6. The van der Waals surface area contributed by atoms with Gasteiger partial charge in [0.2, 0.25) is 5.91 Å². The molecule has 24 heavy (non-hydrogen) atoms. The third kappa shape index (κ3) is 3.48. The molecule has 1 amide bonds. The number of carbonyl (C=O) groups excluding carboxylic acids is 1. The fourth-order valence-electron chi connectivity index (χ4n) is 2.77. The molecule has 1 fully saturated rings. The van der Waals surface area contributed by atoms with Crippen LogP contribution >= 0.6 is 23.7 Å². The Hall–Kier alpha value is -1.83. The second-order valence-electron chi connectivity index (χ2n) is 5.53. The van der Waals surface area contributed by atoms with Crippen molar-refractivity contribution >= 4 is 34.8 Å². The maximum Gasteiger partial charge on any atom is 0.243 e. The van der Waals surface area contributed by atoms with E-state index in [0.29, 0.717) is 18.3 Å². The van der Waals surface area contributed by atoms with Gasteiger partial charge in [0.15, 0.2) is 16.6 Å². The van der Waals surface area contributed by atoms with Gasteiger partial charge in [-0.05, 0) is 37.6 Å². The zero-order chi connectivity index (χ0) is 15.6. The first-order valence-electron chi connectivity index (χ1n) is 7.69. The molecular weight excluding hydrogens is 350 g/mol. The zero-order valence-electron chi connectivity index (χ0n) is 12.9. The van der Waals surface area contributed by atoms with Crippen molar-refractivity contribution in [3.63, 3.8) is 0 Å². The Morgan fingerprint density at radius 2 is 2.12 bits per heavy atom. The number of hydrogen-bond donors (Lipinski definition) is 2. The Kier molecular flexibility index (Phi) is 5.23. The van der Waals surface area contributed by atoms with Gasteiger partial charge in [-0.1, -0.05) is 0 Å². The Bertz CT molecular complexity index is 731. The van der Waals surface area contributed by atoms with Crippen LogP contribution in [-0.2, 0) is 4.79 Å². The predicted octanol–water partition coefficient (Wildman–Crippen LogP) is 2.69. The van der Waals surface area contributed by atoms with E-state index in [1.807, 2.05) is 23.6 Å². The summed E-state index contributed by atoms with van der Waals surface area (Å²) in [4.78, 5) is 16.6. The molecule has 3 heterocycles. The lowest BCUT2D eigenvalue weighted by Gasteiger charge is -2.18. The maximum atomic E-state index is 12.1. The van der Waals surface area contributed by atoms with Crippen molar-refractivity contribution in [2.75, 3.05) is 25.1 Å². The second-order valence-corrected chi connectivity index (χ2v) is 6.39. The minimum atomic E-state index is -0.100. The summed E-state index contributed by atoms with van der Waals surface area (Å²) in [6.07, 6.45) is 1.92. The number of fused-ring (bicyclic) bond motifs is 1. The van der Waals surface area contributed by atoms with Crippen molar-refractivity contribution in [1.82, 2.24) is 10.3 Å². The number of benzene rings is 1. The lowest BCUT2D eigenvalue weighted by Crippen LogP contribution is -2.35. The third-order valence-electron chi connectivity index (χ3n) is 3.95. The number of ether oxygens (including phenoxy) is 2. The average Bonchev–Trinajstić information content (AvgIpc) is 3.26. The summed E-state index contributed by atoms with van der Waals surface area (Å²) in [5, 5.41) is 8.62. The van der Waals surface area contributed by atoms with Crippen LogP contribution in [0.5, 0.6) is 11.5 Å². The van der Waals surface area contributed by atoms with Crippen molar-refractivity contribution in [2.24, 2.45) is 0 Å². The first-order chi connectivity index (χ1) is 11.3. The molecule has 0 radical (unpaired) electrons. The van der Waals surface area contributed by atoms with Crippen LogP contribution in [0.15, 0.2) is 23.6 Å². The van der Waals surface area contributed by atoms with Crippen LogP contribution in [0.3, 0.4) is 0 Å². The van der Waals surface area contributed by atoms with E-state index < -0.39 is 0 Å². The van der Waals surface area contributed by atoms with Gasteiger partial charge in [-0.25, -0.2) is 4.98 Å². The number of halogens is 1. The highest BCUT2D eigenvalue weighted by Gasteiger charge is 2.23. The molecule has 4 rings (SSSR count). The van der Waals surface area contributed by atoms with Crippen molar-refractivity contribution < 1.29 is 14.3 Å². The standard InChI is InChI=1S/C16H17N3O3S.ClH/c20-15(11-2-1-5-17-11)19-16-18-12(9-23-16)10-3-4-13-14(8-10)22-7-6-21-13;/h3-4,8-9,11,17H,1-2,5-7H2,(H,18,19,20);1H. The number of nitrogens with one attached hydrogen (secondary N) is 2. The molecule has 2 aromatic rings. The van der Waals surface area contributed by atoms with E-state index in [1.165, 1.54) is 11.3 Å². The summed E-state index contributed by atoms with van der Waals surface area (Å²) >= 11 is 1.43. The summed E-state index contributed by atoms with van der Waals surface area (Å²) in [5.74, 6) is 1.49. The summed E-state index contributed by atoms with van der Waals surface area (Å²) in [5.41, 5.74) is 1.77. The molecule has 1 atom stereocenters. The Morgan fingerprint density at radius 1 is 1.29 bits per heavy atom. The summed E-state index contributed by atoms with van der Waals surface area (Å²) < 4.78 is 11.1. The van der Waals surface area contributed by atoms with Gasteiger partial charge in [-0.2, -0.15) is 0 Å². The highest BCUT2D eigenvalue weighted by Crippen LogP contribution is 2.35. The number of anilines is 1. The molecule has 128 valence electrons. The van der Waals surface area contributed by atoms with Crippen LogP contribution in [-0.4, -0.2) is 36.7 Å². The minimum absolute atomic E-state index is 0. The van der Waals surface area contributed by atoms with Gasteiger partial charge in [-0.15, -0.1) is 23.7 Å². The van der Waals surface area contributed by atoms with Crippen molar-refractivity contribution in [2.45, 2.75) is 18.9 Å². The number of aromatic nitrogens is 1. The van der Waals surface area contributed by atoms with Crippen LogP contribution in [0.25, 0.3) is 11.3 Å². The first kappa shape index (κ1) is 17.0. The molecule has 1 aromatic carbocycles. The van der Waals surface area contributed by atoms with E-state index >= 15 is 0 Å². The number of nitrogens with zero attached hydrogens (tertiary/aromatic N) is 1. The van der Waals surface area contributed by atoms with E-state index in [9.17, 15) is 4.79 Å². The fourth-order valence-corrected chi connectivity index (χ4v) is 3.49. The van der Waals surface area contributed by atoms with Crippen molar-refractivity contribution in [1.29, 1.82) is 0 Å². The van der Waals surface area contributed by atoms with E-state index in [2.05, 4.69) is 15.6 Å². The lowest BCUT2D eigenvalue weighted by atomic mass is 10.1. The quantitative estimate of drug-likeness (QED) is 0.872. The summed E-state index contributed by atoms with van der Waals surface area (Å²) in [7, 11) is 0. The highest BCUT2D eigenvalue weighted by atomic mass is 35.5. The van der Waals surface area contributed by atoms with Crippen molar-refractivity contribution in [3.8, 4) is 22.8 Å². The van der Waals surface area contributed by atoms with E-state index in [4.69, 9.17) is 9.47 Å². The number of thiazole rings is 1. The highest BCUT2D eigenvalue weighted by molar-refractivity contribution is 7.14. The molecule has 6 nitrogen and oxygen atoms in total. The topological polar surface area (TPSA) is 72.5 Å². The van der Waals surface area contributed by atoms with Gasteiger partial charge in [-0.3, -0.25) is 4.79 Å². The molecule has 2 aliphatic rings. The molecular formula is C16H18ClN3O3S. The van der Waals surface area contributed by atoms with Crippen LogP contribution in [0.4, 0.5) is 5.13 Å². The van der Waals surface area contributed by atoms with E-state index in [-0.39, 0.29) is 24.4 Å². The van der Waals surface area contributed by atoms with Crippen LogP contribution in [0.1, 0.15) is 12.8 Å². The molecule has 0 aliphatic carbocycles. The van der Waals surface area contributed by atoms with Gasteiger partial charge < -0.3 is 20.1 Å². The molecule has 1 aromatic heterocycles. The van der Waals surface area contributed by atoms with Crippen LogP contribution in [0.2, 0.25) is 0 Å². The number of carbonyl (C=O) groups is 1. The summed E-state index contributed by atoms with van der Waals surface area (Å²) in [6, 6.07) is 5.67. The van der Waals surface area contributed by atoms with Gasteiger partial charge in [0.1, 0.15) is 13.2 Å². The normalized spacial score (nSPS) is 18.8. The molecule has 0 spiro atoms. The zero-order valence-corrected chi connectivity index (χ0v) is 14.5. The average molecular weight is 368 g/mol. The number of rotatable bonds is 3. The molecule has 1 unspecified atom stereocenters. The van der Waals surface area contributed by atoms with Crippen molar-refractivity contribution in [3.05, 3.63) is 23.6 Å². The number of amides is 1. The van der Waals surface area contributed by atoms with Gasteiger partial charge in [0.25, 0.3) is 0 Å². The van der Waals surface area contributed by atoms with Gasteiger partial charge in [0, 0.05) is 10.9 Å². The lowest BCUT2D eigenvalue weighted by molar-refractivity contribution is -0.117. The molecule has 0 bridgehead atoms. The maximum absolute atomic E-state index is 12.1. The minimum Gasteiger partial charge on any atom is -0.486 e. The van der Waals surface area contributed by atoms with Crippen LogP contribution in [0, 0.1) is 0 Å². The molecule has 8 heteroatoms. The molecule has 0 saturated carbocycles. The Labute approximate surface area is 150 Å². The fraction of sp³-hybridized carbons (Fsp3) is 0.375. The van der Waals surface area contributed by atoms with E-state index in [0.717, 1.165) is 42.1 Å². The smallest absolute Gasteiger partial charge is 0.243 e.